The lowest BCUT2D eigenvalue weighted by molar-refractivity contribution is 0.260. The van der Waals surface area contributed by atoms with Crippen LogP contribution in [-0.4, -0.2) is 50.9 Å². The van der Waals surface area contributed by atoms with Gasteiger partial charge in [-0.3, -0.25) is 0 Å². The molecule has 0 aliphatic carbocycles. The van der Waals surface area contributed by atoms with Gasteiger partial charge in [-0.25, -0.2) is 23.4 Å². The molecule has 0 bridgehead atoms. The molecule has 0 saturated heterocycles. The van der Waals surface area contributed by atoms with Crippen molar-refractivity contribution in [3.63, 3.8) is 0 Å². The summed E-state index contributed by atoms with van der Waals surface area (Å²) in [4.78, 5) is 20.2. The van der Waals surface area contributed by atoms with E-state index in [-0.39, 0.29) is 12.6 Å². The van der Waals surface area contributed by atoms with Crippen LogP contribution in [0.1, 0.15) is 26.6 Å². The molecule has 10 heteroatoms. The molecule has 3 aromatic rings. The number of aromatic amines is 1. The van der Waals surface area contributed by atoms with Crippen LogP contribution in [0.5, 0.6) is 6.01 Å². The first kappa shape index (κ1) is 19.0. The van der Waals surface area contributed by atoms with Gasteiger partial charge >= 0.3 is 6.01 Å². The summed E-state index contributed by atoms with van der Waals surface area (Å²) < 4.78 is 28.0. The highest BCUT2D eigenvalue weighted by molar-refractivity contribution is 7.92. The SMILES string of the molecule is CCc1nc2cnc(Nc3ccnc(OCC(C)(C)S(C)(=O)=O)n3)cc2[nH]1. The Balaban J connectivity index is 1.74. The standard InChI is InChI=1S/C17H22N6O3S/c1-5-13-20-11-8-15(19-9-12(11)21-13)22-14-6-7-18-16(23-14)26-10-17(2,3)27(4,24)25/h6-9H,5,10H2,1-4H3,(H,20,21)(H,18,19,22,23). The highest BCUT2D eigenvalue weighted by atomic mass is 32.2. The summed E-state index contributed by atoms with van der Waals surface area (Å²) in [6.45, 7) is 5.17. The first-order valence-electron chi connectivity index (χ1n) is 8.45. The maximum Gasteiger partial charge on any atom is 0.318 e. The Morgan fingerprint density at radius 3 is 2.70 bits per heavy atom. The van der Waals surface area contributed by atoms with Gasteiger partial charge < -0.3 is 15.0 Å². The lowest BCUT2D eigenvalue weighted by Crippen LogP contribution is -2.37. The molecule has 3 rings (SSSR count). The highest BCUT2D eigenvalue weighted by Gasteiger charge is 2.31. The predicted octanol–water partition coefficient (Wildman–Crippen LogP) is 2.26. The molecule has 2 N–H and O–H groups in total. The van der Waals surface area contributed by atoms with E-state index in [2.05, 4.69) is 30.2 Å². The molecule has 0 aliphatic rings. The summed E-state index contributed by atoms with van der Waals surface area (Å²) in [5.41, 5.74) is 1.68. The van der Waals surface area contributed by atoms with Crippen molar-refractivity contribution in [2.24, 2.45) is 0 Å². The number of anilines is 2. The zero-order valence-corrected chi connectivity index (χ0v) is 16.5. The second-order valence-electron chi connectivity index (χ2n) is 6.79. The monoisotopic (exact) mass is 390 g/mol. The number of ether oxygens (including phenoxy) is 1. The minimum atomic E-state index is -3.27. The molecular formula is C17H22N6O3S. The molecule has 0 amide bonds. The minimum absolute atomic E-state index is 0.0482. The number of sulfone groups is 1. The lowest BCUT2D eigenvalue weighted by atomic mass is 10.2. The molecule has 0 aromatic carbocycles. The van der Waals surface area contributed by atoms with E-state index < -0.39 is 14.6 Å². The van der Waals surface area contributed by atoms with Crippen LogP contribution >= 0.6 is 0 Å². The maximum absolute atomic E-state index is 11.8. The van der Waals surface area contributed by atoms with Crippen LogP contribution in [-0.2, 0) is 16.3 Å². The number of hydrogen-bond donors (Lipinski definition) is 2. The molecule has 0 spiro atoms. The van der Waals surface area contributed by atoms with E-state index in [1.807, 2.05) is 13.0 Å². The quantitative estimate of drug-likeness (QED) is 0.630. The number of aromatic nitrogens is 5. The number of imidazole rings is 1. The molecule has 0 saturated carbocycles. The van der Waals surface area contributed by atoms with Gasteiger partial charge in [-0.05, 0) is 19.9 Å². The van der Waals surface area contributed by atoms with Gasteiger partial charge in [0.15, 0.2) is 9.84 Å². The summed E-state index contributed by atoms with van der Waals surface area (Å²) in [7, 11) is -3.27. The number of aryl methyl sites for hydroxylation is 1. The van der Waals surface area contributed by atoms with Crippen LogP contribution < -0.4 is 10.1 Å². The van der Waals surface area contributed by atoms with Crippen molar-refractivity contribution in [3.05, 3.63) is 30.4 Å². The molecule has 0 unspecified atom stereocenters. The minimum Gasteiger partial charge on any atom is -0.462 e. The third-order valence-corrected chi connectivity index (χ3v) is 6.32. The first-order valence-corrected chi connectivity index (χ1v) is 10.3. The predicted molar refractivity (Wildman–Crippen MR) is 103 cm³/mol. The molecule has 3 aromatic heterocycles. The van der Waals surface area contributed by atoms with Crippen LogP contribution in [0.3, 0.4) is 0 Å². The number of H-pyrrole nitrogens is 1. The van der Waals surface area contributed by atoms with Crippen molar-refractivity contribution in [3.8, 4) is 6.01 Å². The topological polar surface area (TPSA) is 123 Å². The average Bonchev–Trinajstić information content (AvgIpc) is 3.02. The van der Waals surface area contributed by atoms with E-state index in [9.17, 15) is 8.42 Å². The zero-order valence-electron chi connectivity index (χ0n) is 15.6. The second kappa shape index (κ2) is 7.10. The number of nitrogens with zero attached hydrogens (tertiary/aromatic N) is 4. The number of pyridine rings is 1. The van der Waals surface area contributed by atoms with Crippen molar-refractivity contribution in [2.45, 2.75) is 31.9 Å². The van der Waals surface area contributed by atoms with Crippen molar-refractivity contribution in [1.29, 1.82) is 0 Å². The van der Waals surface area contributed by atoms with E-state index in [1.165, 1.54) is 12.5 Å². The van der Waals surface area contributed by atoms with Crippen LogP contribution in [0.15, 0.2) is 24.5 Å². The molecule has 0 aliphatic heterocycles. The van der Waals surface area contributed by atoms with Gasteiger partial charge in [-0.2, -0.15) is 4.98 Å². The average molecular weight is 390 g/mol. The van der Waals surface area contributed by atoms with Crippen molar-refractivity contribution >= 4 is 32.5 Å². The fourth-order valence-electron chi connectivity index (χ4n) is 2.16. The molecule has 9 nitrogen and oxygen atoms in total. The van der Waals surface area contributed by atoms with Crippen molar-refractivity contribution in [1.82, 2.24) is 24.9 Å². The fourth-order valence-corrected chi connectivity index (χ4v) is 2.43. The number of rotatable bonds is 7. The summed E-state index contributed by atoms with van der Waals surface area (Å²) in [5.74, 6) is 1.98. The molecule has 0 fully saturated rings. The molecule has 0 atom stereocenters. The lowest BCUT2D eigenvalue weighted by Gasteiger charge is -2.21. The normalized spacial score (nSPS) is 12.3. The van der Waals surface area contributed by atoms with Gasteiger partial charge in [0.1, 0.15) is 34.3 Å². The first-order chi connectivity index (χ1) is 12.7. The molecular weight excluding hydrogens is 368 g/mol. The Hall–Kier alpha value is -2.75. The van der Waals surface area contributed by atoms with E-state index in [4.69, 9.17) is 4.74 Å². The molecule has 27 heavy (non-hydrogen) atoms. The molecule has 0 radical (unpaired) electrons. The zero-order chi connectivity index (χ0) is 19.7. The Bertz CT molecular complexity index is 1060. The van der Waals surface area contributed by atoms with Gasteiger partial charge in [0.25, 0.3) is 0 Å². The van der Waals surface area contributed by atoms with Crippen LogP contribution in [0.2, 0.25) is 0 Å². The Labute approximate surface area is 157 Å². The number of hydrogen-bond acceptors (Lipinski definition) is 8. The van der Waals surface area contributed by atoms with E-state index in [1.54, 1.807) is 26.1 Å². The van der Waals surface area contributed by atoms with Gasteiger partial charge in [-0.1, -0.05) is 6.92 Å². The summed E-state index contributed by atoms with van der Waals surface area (Å²) in [5, 5.41) is 3.08. The highest BCUT2D eigenvalue weighted by Crippen LogP contribution is 2.20. The number of fused-ring (bicyclic) bond motifs is 1. The second-order valence-corrected chi connectivity index (χ2v) is 9.44. The van der Waals surface area contributed by atoms with Gasteiger partial charge in [0.2, 0.25) is 0 Å². The molecule has 144 valence electrons. The Morgan fingerprint density at radius 2 is 2.00 bits per heavy atom. The summed E-state index contributed by atoms with van der Waals surface area (Å²) >= 11 is 0. The van der Waals surface area contributed by atoms with E-state index in [0.717, 1.165) is 23.3 Å². The van der Waals surface area contributed by atoms with Gasteiger partial charge in [0, 0.05) is 24.9 Å². The third-order valence-electron chi connectivity index (χ3n) is 4.19. The third kappa shape index (κ3) is 4.33. The maximum atomic E-state index is 11.8. The van der Waals surface area contributed by atoms with Gasteiger partial charge in [-0.15, -0.1) is 0 Å². The van der Waals surface area contributed by atoms with Gasteiger partial charge in [0.05, 0.1) is 11.7 Å². The largest absolute Gasteiger partial charge is 0.462 e. The van der Waals surface area contributed by atoms with Crippen LogP contribution in [0.4, 0.5) is 11.6 Å². The fraction of sp³-hybridized carbons (Fsp3) is 0.412. The smallest absolute Gasteiger partial charge is 0.318 e. The van der Waals surface area contributed by atoms with Crippen LogP contribution in [0.25, 0.3) is 11.0 Å². The summed E-state index contributed by atoms with van der Waals surface area (Å²) in [6.07, 6.45) is 5.20. The van der Waals surface area contributed by atoms with Crippen molar-refractivity contribution in [2.75, 3.05) is 18.2 Å². The van der Waals surface area contributed by atoms with Crippen molar-refractivity contribution < 1.29 is 13.2 Å². The summed E-state index contributed by atoms with van der Waals surface area (Å²) in [6, 6.07) is 3.61. The Morgan fingerprint density at radius 1 is 1.22 bits per heavy atom. The number of nitrogens with one attached hydrogen (secondary N) is 2. The van der Waals surface area contributed by atoms with E-state index in [0.29, 0.717) is 11.6 Å². The Kier molecular flexibility index (Phi) is 5.01. The van der Waals surface area contributed by atoms with E-state index >= 15 is 0 Å². The molecule has 3 heterocycles. The van der Waals surface area contributed by atoms with Crippen LogP contribution in [0, 0.1) is 0 Å².